The lowest BCUT2D eigenvalue weighted by molar-refractivity contribution is -0.147. The van der Waals surface area contributed by atoms with Crippen molar-refractivity contribution in [3.8, 4) is 0 Å². The Morgan fingerprint density at radius 1 is 0.600 bits per heavy atom. The van der Waals surface area contributed by atoms with Crippen LogP contribution in [-0.4, -0.2) is 41.6 Å². The van der Waals surface area contributed by atoms with E-state index >= 15 is 0 Å². The van der Waals surface area contributed by atoms with Crippen LogP contribution in [0.3, 0.4) is 0 Å². The van der Waals surface area contributed by atoms with Crippen molar-refractivity contribution in [1.82, 2.24) is 5.32 Å². The number of carbonyl (C=O) groups excluding carboxylic acids is 2. The molecular formula is C43H70N2O5. The van der Waals surface area contributed by atoms with Crippen molar-refractivity contribution in [2.75, 3.05) is 6.54 Å². The second-order valence-corrected chi connectivity index (χ2v) is 12.6. The average Bonchev–Trinajstić information content (AvgIpc) is 3.10. The quantitative estimate of drug-likeness (QED) is 0.0357. The lowest BCUT2D eigenvalue weighted by atomic mass is 10.0. The van der Waals surface area contributed by atoms with E-state index in [1.54, 1.807) is 0 Å². The molecule has 7 nitrogen and oxygen atoms in total. The van der Waals surface area contributed by atoms with Gasteiger partial charge in [0.15, 0.2) is 0 Å². The highest BCUT2D eigenvalue weighted by atomic mass is 16.5. The molecule has 0 spiro atoms. The van der Waals surface area contributed by atoms with Crippen molar-refractivity contribution in [1.29, 1.82) is 0 Å². The molecule has 0 fully saturated rings. The van der Waals surface area contributed by atoms with Crippen LogP contribution in [0.1, 0.15) is 149 Å². The molecule has 0 saturated carbocycles. The molecule has 0 saturated heterocycles. The number of carboxylic acids is 1. The van der Waals surface area contributed by atoms with Gasteiger partial charge in [-0.25, -0.2) is 4.79 Å². The van der Waals surface area contributed by atoms with Crippen LogP contribution in [0.2, 0.25) is 0 Å². The number of aliphatic carboxylic acids is 1. The van der Waals surface area contributed by atoms with Gasteiger partial charge >= 0.3 is 11.9 Å². The third-order valence-electron chi connectivity index (χ3n) is 7.94. The molecule has 0 radical (unpaired) electrons. The van der Waals surface area contributed by atoms with Crippen molar-refractivity contribution >= 4 is 17.8 Å². The fourth-order valence-corrected chi connectivity index (χ4v) is 5.08. The largest absolute Gasteiger partial charge is 0.480 e. The molecule has 0 aromatic rings. The molecule has 0 aromatic carbocycles. The lowest BCUT2D eigenvalue weighted by Crippen LogP contribution is -2.40. The Balaban J connectivity index is 4.42. The fraction of sp³-hybridized carbons (Fsp3) is 0.605. The summed E-state index contributed by atoms with van der Waals surface area (Å²) >= 11 is 0. The molecule has 282 valence electrons. The SMILES string of the molecule is CC/C=C\C/C=C\C/C=C\C/C=C\CCCCC(=O)OC(/C=C\C/C=C\C/C=C\CC)CCCCCCCCC(=O)NC(CCCN)C(=O)O. The number of hydrogen-bond donors (Lipinski definition) is 3. The topological polar surface area (TPSA) is 119 Å². The Morgan fingerprint density at radius 2 is 1.10 bits per heavy atom. The zero-order valence-corrected chi connectivity index (χ0v) is 31.5. The zero-order valence-electron chi connectivity index (χ0n) is 31.5. The van der Waals surface area contributed by atoms with E-state index in [1.165, 1.54) is 0 Å². The minimum Gasteiger partial charge on any atom is -0.480 e. The number of carboxylic acid groups (broad SMARTS) is 1. The summed E-state index contributed by atoms with van der Waals surface area (Å²) in [6, 6.07) is -0.864. The Morgan fingerprint density at radius 3 is 1.66 bits per heavy atom. The predicted molar refractivity (Wildman–Crippen MR) is 211 cm³/mol. The van der Waals surface area contributed by atoms with Crippen LogP contribution in [0.5, 0.6) is 0 Å². The van der Waals surface area contributed by atoms with Crippen LogP contribution in [0.4, 0.5) is 0 Å². The van der Waals surface area contributed by atoms with Crippen LogP contribution in [0.25, 0.3) is 0 Å². The first-order valence-corrected chi connectivity index (χ1v) is 19.4. The van der Waals surface area contributed by atoms with E-state index in [9.17, 15) is 19.5 Å². The van der Waals surface area contributed by atoms with Gasteiger partial charge in [-0.2, -0.15) is 0 Å². The maximum atomic E-state index is 12.7. The molecule has 4 N–H and O–H groups in total. The smallest absolute Gasteiger partial charge is 0.326 e. The van der Waals surface area contributed by atoms with Gasteiger partial charge < -0.3 is 20.9 Å². The maximum absolute atomic E-state index is 12.7. The Hall–Kier alpha value is -3.45. The lowest BCUT2D eigenvalue weighted by Gasteiger charge is -2.15. The number of unbranched alkanes of at least 4 members (excludes halogenated alkanes) is 7. The minimum absolute atomic E-state index is 0.128. The Kier molecular flexibility index (Phi) is 34.3. The number of ether oxygens (including phenoxy) is 1. The summed E-state index contributed by atoms with van der Waals surface area (Å²) in [5.41, 5.74) is 5.46. The number of hydrogen-bond acceptors (Lipinski definition) is 5. The number of carbonyl (C=O) groups is 3. The first-order chi connectivity index (χ1) is 24.4. The molecular weight excluding hydrogens is 624 g/mol. The van der Waals surface area contributed by atoms with Crippen molar-refractivity contribution in [2.24, 2.45) is 5.73 Å². The van der Waals surface area contributed by atoms with Crippen molar-refractivity contribution in [2.45, 2.75) is 161 Å². The monoisotopic (exact) mass is 695 g/mol. The van der Waals surface area contributed by atoms with E-state index in [4.69, 9.17) is 10.5 Å². The summed E-state index contributed by atoms with van der Waals surface area (Å²) in [6.45, 7) is 4.68. The van der Waals surface area contributed by atoms with Crippen LogP contribution < -0.4 is 11.1 Å². The number of esters is 1. The number of allylic oxidation sites excluding steroid dienone is 13. The van der Waals surface area contributed by atoms with Crippen molar-refractivity contribution in [3.05, 3.63) is 85.1 Å². The Bertz CT molecular complexity index is 1050. The van der Waals surface area contributed by atoms with Gasteiger partial charge in [0.2, 0.25) is 5.91 Å². The molecule has 2 atom stereocenters. The van der Waals surface area contributed by atoms with E-state index in [0.717, 1.165) is 109 Å². The summed E-state index contributed by atoms with van der Waals surface area (Å²) in [5.74, 6) is -1.36. The third kappa shape index (κ3) is 33.1. The summed E-state index contributed by atoms with van der Waals surface area (Å²) in [5, 5.41) is 11.9. The first-order valence-electron chi connectivity index (χ1n) is 19.4. The van der Waals surface area contributed by atoms with Gasteiger partial charge in [0.1, 0.15) is 12.1 Å². The molecule has 0 aliphatic rings. The predicted octanol–water partition coefficient (Wildman–Crippen LogP) is 10.6. The first kappa shape index (κ1) is 46.5. The van der Waals surface area contributed by atoms with Gasteiger partial charge in [-0.3, -0.25) is 9.59 Å². The standard InChI is InChI=1S/C43H70N2O5/c1-3-5-7-9-11-13-14-15-16-17-18-19-21-27-31-37-42(47)50-39(33-28-24-20-12-10-8-6-4-2)34-29-25-22-23-26-30-36-41(46)45-40(43(48)49)35-32-38-44/h5-8,11-13,15-16,18-20,28,33,39-40H,3-4,9-10,14,17,21-27,29-32,34-38,44H2,1-2H3,(H,45,46)(H,48,49)/b7-5-,8-6-,13-11-,16-15-,19-18-,20-12-,33-28-. The molecule has 0 aliphatic carbocycles. The normalized spacial score (nSPS) is 13.7. The molecule has 7 heteroatoms. The molecule has 1 amide bonds. The second kappa shape index (κ2) is 36.8. The molecule has 0 aromatic heterocycles. The minimum atomic E-state index is -1.01. The summed E-state index contributed by atoms with van der Waals surface area (Å²) < 4.78 is 5.88. The van der Waals surface area contributed by atoms with Gasteiger partial charge in [0.25, 0.3) is 0 Å². The number of amides is 1. The molecule has 0 rings (SSSR count). The van der Waals surface area contributed by atoms with Crippen molar-refractivity contribution < 1.29 is 24.2 Å². The average molecular weight is 695 g/mol. The van der Waals surface area contributed by atoms with Gasteiger partial charge in [0, 0.05) is 12.8 Å². The van der Waals surface area contributed by atoms with E-state index in [-0.39, 0.29) is 18.0 Å². The van der Waals surface area contributed by atoms with Crippen LogP contribution in [0, 0.1) is 0 Å². The highest BCUT2D eigenvalue weighted by Crippen LogP contribution is 2.14. The number of rotatable bonds is 33. The van der Waals surface area contributed by atoms with Gasteiger partial charge in [-0.05, 0) is 109 Å². The Labute approximate surface area is 305 Å². The second-order valence-electron chi connectivity index (χ2n) is 12.6. The van der Waals surface area contributed by atoms with Crippen molar-refractivity contribution in [3.63, 3.8) is 0 Å². The summed E-state index contributed by atoms with van der Waals surface area (Å²) in [7, 11) is 0. The third-order valence-corrected chi connectivity index (χ3v) is 7.94. The molecule has 0 heterocycles. The molecule has 0 aliphatic heterocycles. The van der Waals surface area contributed by atoms with Crippen LogP contribution in [0.15, 0.2) is 85.1 Å². The highest BCUT2D eigenvalue weighted by Gasteiger charge is 2.18. The van der Waals surface area contributed by atoms with Crippen LogP contribution in [-0.2, 0) is 19.1 Å². The van der Waals surface area contributed by atoms with E-state index < -0.39 is 12.0 Å². The van der Waals surface area contributed by atoms with Gasteiger partial charge in [0.05, 0.1) is 0 Å². The van der Waals surface area contributed by atoms with Gasteiger partial charge in [-0.1, -0.05) is 119 Å². The fourth-order valence-electron chi connectivity index (χ4n) is 5.08. The highest BCUT2D eigenvalue weighted by molar-refractivity contribution is 5.83. The molecule has 50 heavy (non-hydrogen) atoms. The van der Waals surface area contributed by atoms with E-state index in [0.29, 0.717) is 32.2 Å². The maximum Gasteiger partial charge on any atom is 0.326 e. The van der Waals surface area contributed by atoms with E-state index in [1.807, 2.05) is 6.08 Å². The molecule has 2 unspecified atom stereocenters. The number of nitrogens with two attached hydrogens (primary N) is 1. The molecule has 0 bridgehead atoms. The van der Waals surface area contributed by atoms with Gasteiger partial charge in [-0.15, -0.1) is 0 Å². The summed E-state index contributed by atoms with van der Waals surface area (Å²) in [6.07, 6.45) is 47.9. The van der Waals surface area contributed by atoms with E-state index in [2.05, 4.69) is 98.2 Å². The van der Waals surface area contributed by atoms with Crippen LogP contribution >= 0.6 is 0 Å². The summed E-state index contributed by atoms with van der Waals surface area (Å²) in [4.78, 5) is 36.1. The number of nitrogens with one attached hydrogen (secondary N) is 1. The zero-order chi connectivity index (χ0) is 36.8.